The van der Waals surface area contributed by atoms with Crippen LogP contribution in [0.1, 0.15) is 48.9 Å². The fourth-order valence-corrected chi connectivity index (χ4v) is 5.08. The van der Waals surface area contributed by atoms with Crippen molar-refractivity contribution in [2.45, 2.75) is 38.8 Å². The standard InChI is InChI=1S/C27H29N5O2/c1-16-24(30-20-7-5-4-6-8-20)25-23(32(17(2)33)26(16)18-9-10-18)14-13-21(31-25)19-11-12-22(29-15-19)27(34)28-3/h4-8,11-16,18,24,26,30H,9-10H2,1-3H3,(H,28,34)/t16?,24-,26?/m1/s1. The number of pyridine rings is 2. The molecule has 7 heteroatoms. The van der Waals surface area contributed by atoms with E-state index < -0.39 is 0 Å². The number of aromatic nitrogens is 2. The maximum Gasteiger partial charge on any atom is 0.269 e. The average molecular weight is 456 g/mol. The van der Waals surface area contributed by atoms with Gasteiger partial charge < -0.3 is 15.5 Å². The Morgan fingerprint density at radius 2 is 1.79 bits per heavy atom. The first-order chi connectivity index (χ1) is 16.5. The maximum absolute atomic E-state index is 12.8. The van der Waals surface area contributed by atoms with Gasteiger partial charge in [-0.25, -0.2) is 4.98 Å². The van der Waals surface area contributed by atoms with E-state index in [9.17, 15) is 9.59 Å². The van der Waals surface area contributed by atoms with E-state index in [1.165, 1.54) is 0 Å². The molecule has 0 bridgehead atoms. The molecule has 1 saturated carbocycles. The Morgan fingerprint density at radius 3 is 2.41 bits per heavy atom. The monoisotopic (exact) mass is 455 g/mol. The first-order valence-electron chi connectivity index (χ1n) is 11.8. The van der Waals surface area contributed by atoms with Crippen LogP contribution in [0.2, 0.25) is 0 Å². The number of carbonyl (C=O) groups is 2. The Balaban J connectivity index is 1.59. The van der Waals surface area contributed by atoms with E-state index in [1.54, 1.807) is 26.2 Å². The number of para-hydroxylation sites is 1. The molecule has 174 valence electrons. The number of carbonyl (C=O) groups excluding carboxylic acids is 2. The minimum Gasteiger partial charge on any atom is -0.376 e. The molecule has 34 heavy (non-hydrogen) atoms. The number of rotatable bonds is 5. The molecule has 2 N–H and O–H groups in total. The van der Waals surface area contributed by atoms with Gasteiger partial charge in [-0.1, -0.05) is 25.1 Å². The van der Waals surface area contributed by atoms with Gasteiger partial charge >= 0.3 is 0 Å². The van der Waals surface area contributed by atoms with Crippen LogP contribution in [-0.2, 0) is 4.79 Å². The van der Waals surface area contributed by atoms with Crippen LogP contribution in [-0.4, -0.2) is 34.9 Å². The SMILES string of the molecule is CNC(=O)c1ccc(-c2ccc3c(n2)[C@H](Nc2ccccc2)C(C)C(C2CC2)N3C(C)=O)cn1. The number of hydrogen-bond donors (Lipinski definition) is 2. The molecule has 1 aromatic carbocycles. The molecular formula is C27H29N5O2. The third kappa shape index (κ3) is 4.02. The van der Waals surface area contributed by atoms with Crippen LogP contribution in [0.5, 0.6) is 0 Å². The van der Waals surface area contributed by atoms with Gasteiger partial charge in [-0.3, -0.25) is 14.6 Å². The molecule has 2 amide bonds. The first-order valence-corrected chi connectivity index (χ1v) is 11.8. The number of hydrogen-bond acceptors (Lipinski definition) is 5. The third-order valence-electron chi connectivity index (χ3n) is 6.88. The number of nitrogens with zero attached hydrogens (tertiary/aromatic N) is 3. The summed E-state index contributed by atoms with van der Waals surface area (Å²) in [6.45, 7) is 3.86. The molecule has 3 atom stereocenters. The maximum atomic E-state index is 12.8. The zero-order valence-electron chi connectivity index (χ0n) is 19.7. The van der Waals surface area contributed by atoms with Gasteiger partial charge in [0.15, 0.2) is 0 Å². The molecule has 1 aliphatic heterocycles. The predicted molar refractivity (Wildman–Crippen MR) is 132 cm³/mol. The van der Waals surface area contributed by atoms with Gasteiger partial charge in [0, 0.05) is 43.4 Å². The molecule has 2 aromatic heterocycles. The van der Waals surface area contributed by atoms with Crippen molar-refractivity contribution in [3.63, 3.8) is 0 Å². The highest BCUT2D eigenvalue weighted by atomic mass is 16.2. The van der Waals surface area contributed by atoms with Crippen LogP contribution < -0.4 is 15.5 Å². The molecule has 3 heterocycles. The zero-order chi connectivity index (χ0) is 23.8. The summed E-state index contributed by atoms with van der Waals surface area (Å²) in [5.41, 5.74) is 4.69. The Labute approximate surface area is 199 Å². The van der Waals surface area contributed by atoms with Crippen LogP contribution in [0.4, 0.5) is 11.4 Å². The van der Waals surface area contributed by atoms with Gasteiger partial charge in [0.1, 0.15) is 5.69 Å². The normalized spacial score (nSPS) is 21.5. The molecule has 0 spiro atoms. The lowest BCUT2D eigenvalue weighted by Crippen LogP contribution is -2.51. The van der Waals surface area contributed by atoms with E-state index in [0.717, 1.165) is 41.2 Å². The van der Waals surface area contributed by atoms with Crippen LogP contribution in [0.15, 0.2) is 60.8 Å². The fourth-order valence-electron chi connectivity index (χ4n) is 5.08. The third-order valence-corrected chi connectivity index (χ3v) is 6.88. The summed E-state index contributed by atoms with van der Waals surface area (Å²) < 4.78 is 0. The average Bonchev–Trinajstić information content (AvgIpc) is 3.70. The molecule has 7 nitrogen and oxygen atoms in total. The number of benzene rings is 1. The molecule has 0 radical (unpaired) electrons. The van der Waals surface area contributed by atoms with Gasteiger partial charge in [0.25, 0.3) is 5.91 Å². The first kappa shape index (κ1) is 22.1. The van der Waals surface area contributed by atoms with Crippen molar-refractivity contribution in [3.8, 4) is 11.3 Å². The summed E-state index contributed by atoms with van der Waals surface area (Å²) in [6, 6.07) is 17.7. The summed E-state index contributed by atoms with van der Waals surface area (Å²) in [5.74, 6) is 0.525. The highest BCUT2D eigenvalue weighted by Crippen LogP contribution is 2.49. The minimum atomic E-state index is -0.228. The van der Waals surface area contributed by atoms with Crippen molar-refractivity contribution in [2.24, 2.45) is 11.8 Å². The van der Waals surface area contributed by atoms with E-state index in [-0.39, 0.29) is 29.8 Å². The van der Waals surface area contributed by atoms with Crippen LogP contribution in [0.25, 0.3) is 11.3 Å². The quantitative estimate of drug-likeness (QED) is 0.594. The Morgan fingerprint density at radius 1 is 1.03 bits per heavy atom. The zero-order valence-corrected chi connectivity index (χ0v) is 19.7. The highest BCUT2D eigenvalue weighted by Gasteiger charge is 2.48. The summed E-state index contributed by atoms with van der Waals surface area (Å²) >= 11 is 0. The second-order valence-electron chi connectivity index (χ2n) is 9.18. The Bertz CT molecular complexity index is 1210. The predicted octanol–water partition coefficient (Wildman–Crippen LogP) is 4.44. The minimum absolute atomic E-state index is 0.0448. The smallest absolute Gasteiger partial charge is 0.269 e. The lowest BCUT2D eigenvalue weighted by atomic mass is 9.82. The van der Waals surface area contributed by atoms with Crippen molar-refractivity contribution in [1.29, 1.82) is 0 Å². The van der Waals surface area contributed by atoms with Crippen molar-refractivity contribution < 1.29 is 9.59 Å². The van der Waals surface area contributed by atoms with Crippen molar-refractivity contribution >= 4 is 23.2 Å². The number of anilines is 2. The lowest BCUT2D eigenvalue weighted by Gasteiger charge is -2.45. The largest absolute Gasteiger partial charge is 0.376 e. The molecular weight excluding hydrogens is 426 g/mol. The number of nitrogens with one attached hydrogen (secondary N) is 2. The second-order valence-corrected chi connectivity index (χ2v) is 9.18. The van der Waals surface area contributed by atoms with Gasteiger partial charge in [-0.15, -0.1) is 0 Å². The van der Waals surface area contributed by atoms with Gasteiger partial charge in [0.05, 0.1) is 23.1 Å². The number of fused-ring (bicyclic) bond motifs is 1. The van der Waals surface area contributed by atoms with E-state index in [0.29, 0.717) is 11.6 Å². The fraction of sp³-hybridized carbons (Fsp3) is 0.333. The molecule has 1 fully saturated rings. The van der Waals surface area contributed by atoms with Crippen LogP contribution in [0.3, 0.4) is 0 Å². The molecule has 5 rings (SSSR count). The van der Waals surface area contributed by atoms with Gasteiger partial charge in [-0.2, -0.15) is 0 Å². The summed E-state index contributed by atoms with van der Waals surface area (Å²) in [7, 11) is 1.58. The van der Waals surface area contributed by atoms with Crippen LogP contribution >= 0.6 is 0 Å². The van der Waals surface area contributed by atoms with Crippen LogP contribution in [0, 0.1) is 11.8 Å². The molecule has 0 saturated heterocycles. The summed E-state index contributed by atoms with van der Waals surface area (Å²) in [5, 5.41) is 6.29. The van der Waals surface area contributed by atoms with Gasteiger partial charge in [0.2, 0.25) is 5.91 Å². The Hall–Kier alpha value is -3.74. The van der Waals surface area contributed by atoms with E-state index in [2.05, 4.69) is 34.7 Å². The summed E-state index contributed by atoms with van der Waals surface area (Å²) in [6.07, 6.45) is 3.98. The molecule has 2 aliphatic rings. The number of amides is 2. The Kier molecular flexibility index (Phi) is 5.77. The van der Waals surface area contributed by atoms with Crippen molar-refractivity contribution in [2.75, 3.05) is 17.3 Å². The van der Waals surface area contributed by atoms with Gasteiger partial charge in [-0.05, 0) is 55.2 Å². The van der Waals surface area contributed by atoms with Crippen molar-refractivity contribution in [3.05, 3.63) is 72.2 Å². The lowest BCUT2D eigenvalue weighted by molar-refractivity contribution is -0.117. The summed E-state index contributed by atoms with van der Waals surface area (Å²) in [4.78, 5) is 36.0. The van der Waals surface area contributed by atoms with E-state index >= 15 is 0 Å². The topological polar surface area (TPSA) is 87.2 Å². The van der Waals surface area contributed by atoms with Crippen molar-refractivity contribution in [1.82, 2.24) is 15.3 Å². The highest BCUT2D eigenvalue weighted by molar-refractivity contribution is 5.94. The molecule has 1 aliphatic carbocycles. The van der Waals surface area contributed by atoms with E-state index in [1.807, 2.05) is 41.3 Å². The molecule has 2 unspecified atom stereocenters. The molecule has 3 aromatic rings. The second kappa shape index (κ2) is 8.89. The van der Waals surface area contributed by atoms with E-state index in [4.69, 9.17) is 4.98 Å².